The maximum absolute atomic E-state index is 13.5. The summed E-state index contributed by atoms with van der Waals surface area (Å²) in [4.78, 5) is 16.8. The molecule has 162 valence electrons. The van der Waals surface area contributed by atoms with Crippen LogP contribution in [0.5, 0.6) is 5.75 Å². The van der Waals surface area contributed by atoms with Crippen LogP contribution in [-0.2, 0) is 16.1 Å². The van der Waals surface area contributed by atoms with Crippen LogP contribution in [0.2, 0.25) is 0 Å². The number of benzene rings is 2. The van der Waals surface area contributed by atoms with Crippen molar-refractivity contribution in [2.24, 2.45) is 5.92 Å². The Kier molecular flexibility index (Phi) is 6.63. The first-order chi connectivity index (χ1) is 15.1. The molecule has 1 aromatic heterocycles. The molecule has 1 N–H and O–H groups in total. The molecule has 3 atom stereocenters. The second-order valence-electron chi connectivity index (χ2n) is 7.67. The predicted molar refractivity (Wildman–Crippen MR) is 119 cm³/mol. The summed E-state index contributed by atoms with van der Waals surface area (Å²) in [5.74, 6) is -0.0458. The Bertz CT molecular complexity index is 1020. The highest BCUT2D eigenvalue weighted by atomic mass is 32.1. The molecule has 1 saturated carbocycles. The highest BCUT2D eigenvalue weighted by Crippen LogP contribution is 2.41. The monoisotopic (exact) mass is 440 g/mol. The van der Waals surface area contributed by atoms with Gasteiger partial charge < -0.3 is 14.8 Å². The van der Waals surface area contributed by atoms with Crippen molar-refractivity contribution in [2.75, 3.05) is 14.2 Å². The topological polar surface area (TPSA) is 60.5 Å². The fourth-order valence-corrected chi connectivity index (χ4v) is 5.03. The van der Waals surface area contributed by atoms with E-state index in [9.17, 15) is 9.18 Å². The standard InChI is InChI=1S/C24H25FN2O3S/c1-29-22-10-5-16(21-13-31-14-27-21)11-17(22)12-26-20-9-8-19(24(28)30-2)23(20)15-3-6-18(25)7-4-15/h3-7,10-11,13-14,19-20,23,26H,8-9,12H2,1-2H3. The van der Waals surface area contributed by atoms with Crippen LogP contribution in [0.3, 0.4) is 0 Å². The van der Waals surface area contributed by atoms with E-state index in [1.807, 2.05) is 23.0 Å². The van der Waals surface area contributed by atoms with E-state index in [4.69, 9.17) is 9.47 Å². The lowest BCUT2D eigenvalue weighted by atomic mass is 9.86. The Labute approximate surface area is 185 Å². The van der Waals surface area contributed by atoms with Gasteiger partial charge in [0.15, 0.2) is 0 Å². The molecule has 3 aromatic rings. The number of halogens is 1. The lowest BCUT2D eigenvalue weighted by Gasteiger charge is -2.25. The summed E-state index contributed by atoms with van der Waals surface area (Å²) in [7, 11) is 3.07. The number of carbonyl (C=O) groups is 1. The average Bonchev–Trinajstić information content (AvgIpc) is 3.48. The maximum Gasteiger partial charge on any atom is 0.309 e. The van der Waals surface area contributed by atoms with Crippen molar-refractivity contribution in [1.82, 2.24) is 10.3 Å². The van der Waals surface area contributed by atoms with Crippen molar-refractivity contribution in [3.8, 4) is 17.0 Å². The molecule has 0 amide bonds. The van der Waals surface area contributed by atoms with Crippen LogP contribution >= 0.6 is 11.3 Å². The number of esters is 1. The fraction of sp³-hybridized carbons (Fsp3) is 0.333. The molecule has 5 nitrogen and oxygen atoms in total. The van der Waals surface area contributed by atoms with Crippen molar-refractivity contribution >= 4 is 17.3 Å². The zero-order valence-corrected chi connectivity index (χ0v) is 18.3. The minimum atomic E-state index is -0.288. The number of carbonyl (C=O) groups excluding carboxylic acids is 1. The third kappa shape index (κ3) is 4.62. The molecule has 1 aliphatic rings. The van der Waals surface area contributed by atoms with Crippen LogP contribution in [0.1, 0.15) is 29.9 Å². The molecular weight excluding hydrogens is 415 g/mol. The molecule has 0 radical (unpaired) electrons. The third-order valence-electron chi connectivity index (χ3n) is 5.98. The first-order valence-electron chi connectivity index (χ1n) is 10.2. The molecule has 1 heterocycles. The van der Waals surface area contributed by atoms with Gasteiger partial charge in [-0.2, -0.15) is 0 Å². The van der Waals surface area contributed by atoms with Crippen molar-refractivity contribution < 1.29 is 18.7 Å². The van der Waals surface area contributed by atoms with Gasteiger partial charge >= 0.3 is 5.97 Å². The number of hydrogen-bond acceptors (Lipinski definition) is 6. The maximum atomic E-state index is 13.5. The first kappa shape index (κ1) is 21.5. The molecule has 3 unspecified atom stereocenters. The number of nitrogens with zero attached hydrogens (tertiary/aromatic N) is 1. The molecule has 1 fully saturated rings. The van der Waals surface area contributed by atoms with Gasteiger partial charge in [-0.25, -0.2) is 9.37 Å². The van der Waals surface area contributed by atoms with E-state index in [-0.39, 0.29) is 29.7 Å². The van der Waals surface area contributed by atoms with Crippen LogP contribution in [0.25, 0.3) is 11.3 Å². The Morgan fingerprint density at radius 1 is 1.19 bits per heavy atom. The first-order valence-corrected chi connectivity index (χ1v) is 11.2. The SMILES string of the molecule is COC(=O)C1CCC(NCc2cc(-c3cscn3)ccc2OC)C1c1ccc(F)cc1. The van der Waals surface area contributed by atoms with E-state index in [0.29, 0.717) is 6.54 Å². The van der Waals surface area contributed by atoms with Gasteiger partial charge in [0.25, 0.3) is 0 Å². The summed E-state index contributed by atoms with van der Waals surface area (Å²) >= 11 is 1.56. The van der Waals surface area contributed by atoms with E-state index >= 15 is 0 Å². The fourth-order valence-electron chi connectivity index (χ4n) is 4.47. The highest BCUT2D eigenvalue weighted by Gasteiger charge is 2.41. The smallest absolute Gasteiger partial charge is 0.309 e. The summed E-state index contributed by atoms with van der Waals surface area (Å²) in [5.41, 5.74) is 5.75. The molecule has 0 bridgehead atoms. The van der Waals surface area contributed by atoms with E-state index in [1.165, 1.54) is 19.2 Å². The number of rotatable bonds is 7. The van der Waals surface area contributed by atoms with Crippen LogP contribution < -0.4 is 10.1 Å². The van der Waals surface area contributed by atoms with Gasteiger partial charge in [-0.05, 0) is 48.7 Å². The summed E-state index contributed by atoms with van der Waals surface area (Å²) in [6.45, 7) is 0.581. The molecule has 2 aromatic carbocycles. The zero-order valence-electron chi connectivity index (χ0n) is 17.5. The minimum absolute atomic E-state index is 0.0576. The van der Waals surface area contributed by atoms with E-state index in [1.54, 1.807) is 30.6 Å². The molecule has 31 heavy (non-hydrogen) atoms. The van der Waals surface area contributed by atoms with E-state index in [2.05, 4.69) is 16.4 Å². The number of thiazole rings is 1. The van der Waals surface area contributed by atoms with Crippen LogP contribution in [0.15, 0.2) is 53.4 Å². The second kappa shape index (κ2) is 9.58. The summed E-state index contributed by atoms with van der Waals surface area (Å²) in [6, 6.07) is 12.5. The summed E-state index contributed by atoms with van der Waals surface area (Å²) in [5, 5.41) is 5.63. The van der Waals surface area contributed by atoms with Gasteiger partial charge in [0.1, 0.15) is 11.6 Å². The summed E-state index contributed by atoms with van der Waals surface area (Å²) < 4.78 is 24.1. The number of ether oxygens (including phenoxy) is 2. The van der Waals surface area contributed by atoms with Crippen LogP contribution in [0.4, 0.5) is 4.39 Å². The molecule has 0 aliphatic heterocycles. The zero-order chi connectivity index (χ0) is 21.8. The van der Waals surface area contributed by atoms with Crippen molar-refractivity contribution in [2.45, 2.75) is 31.3 Å². The average molecular weight is 441 g/mol. The Hall–Kier alpha value is -2.77. The van der Waals surface area contributed by atoms with Gasteiger partial charge in [-0.15, -0.1) is 11.3 Å². The van der Waals surface area contributed by atoms with Gasteiger partial charge in [0.2, 0.25) is 0 Å². The van der Waals surface area contributed by atoms with E-state index in [0.717, 1.165) is 41.0 Å². The Balaban J connectivity index is 1.57. The van der Waals surface area contributed by atoms with Crippen LogP contribution in [0, 0.1) is 11.7 Å². The van der Waals surface area contributed by atoms with Crippen LogP contribution in [-0.4, -0.2) is 31.2 Å². The molecule has 1 aliphatic carbocycles. The lowest BCUT2D eigenvalue weighted by Crippen LogP contribution is -2.34. The van der Waals surface area contributed by atoms with Gasteiger partial charge in [-0.3, -0.25) is 4.79 Å². The van der Waals surface area contributed by atoms with Crippen molar-refractivity contribution in [3.05, 3.63) is 70.3 Å². The third-order valence-corrected chi connectivity index (χ3v) is 6.56. The second-order valence-corrected chi connectivity index (χ2v) is 8.39. The van der Waals surface area contributed by atoms with Gasteiger partial charge in [-0.1, -0.05) is 12.1 Å². The summed E-state index contributed by atoms with van der Waals surface area (Å²) in [6.07, 6.45) is 1.55. The molecular formula is C24H25FN2O3S. The lowest BCUT2D eigenvalue weighted by molar-refractivity contribution is -0.145. The van der Waals surface area contributed by atoms with E-state index < -0.39 is 0 Å². The Morgan fingerprint density at radius 2 is 2.00 bits per heavy atom. The number of nitrogens with one attached hydrogen (secondary N) is 1. The predicted octanol–water partition coefficient (Wildman–Crippen LogP) is 4.78. The normalized spacial score (nSPS) is 20.5. The van der Waals surface area contributed by atoms with Crippen molar-refractivity contribution in [1.29, 1.82) is 0 Å². The minimum Gasteiger partial charge on any atom is -0.496 e. The number of methoxy groups -OCH3 is 2. The highest BCUT2D eigenvalue weighted by molar-refractivity contribution is 7.07. The number of aromatic nitrogens is 1. The molecule has 7 heteroatoms. The van der Waals surface area contributed by atoms with Gasteiger partial charge in [0, 0.05) is 35.0 Å². The van der Waals surface area contributed by atoms with Crippen molar-refractivity contribution in [3.63, 3.8) is 0 Å². The Morgan fingerprint density at radius 3 is 2.68 bits per heavy atom. The number of hydrogen-bond donors (Lipinski definition) is 1. The largest absolute Gasteiger partial charge is 0.496 e. The van der Waals surface area contributed by atoms with Gasteiger partial charge in [0.05, 0.1) is 31.3 Å². The molecule has 4 rings (SSSR count). The quantitative estimate of drug-likeness (QED) is 0.536. The molecule has 0 spiro atoms. The molecule has 0 saturated heterocycles.